The van der Waals surface area contributed by atoms with Gasteiger partial charge < -0.3 is 10.1 Å². The number of hydrogen-bond donors (Lipinski definition) is 1. The second-order valence-corrected chi connectivity index (χ2v) is 8.82. The zero-order valence-corrected chi connectivity index (χ0v) is 17.8. The average molecular weight is 425 g/mol. The van der Waals surface area contributed by atoms with Gasteiger partial charge in [-0.25, -0.2) is 8.42 Å². The number of nitrogens with one attached hydrogen (secondary N) is 1. The molecule has 0 bridgehead atoms. The van der Waals surface area contributed by atoms with Gasteiger partial charge in [0.25, 0.3) is 0 Å². The molecule has 0 saturated carbocycles. The van der Waals surface area contributed by atoms with Crippen LogP contribution in [0.4, 0.5) is 5.69 Å². The minimum atomic E-state index is -3.45. The van der Waals surface area contributed by atoms with Crippen LogP contribution < -0.4 is 14.4 Å². The average Bonchev–Trinajstić information content (AvgIpc) is 2.65. The summed E-state index contributed by atoms with van der Waals surface area (Å²) in [7, 11) is -1.85. The highest BCUT2D eigenvalue weighted by atomic mass is 35.5. The van der Waals surface area contributed by atoms with Crippen LogP contribution in [0.2, 0.25) is 5.02 Å². The molecule has 2 aromatic rings. The van der Waals surface area contributed by atoms with E-state index in [1.54, 1.807) is 31.4 Å². The molecule has 0 aromatic heterocycles. The molecule has 152 valence electrons. The standard InChI is InChI=1S/C20H25ClN2O4S/c1-15(16-6-12-19(27-2)13-7-16)22-20(24)5-4-14-23(28(3,25)26)18-10-8-17(21)9-11-18/h6-13,15H,4-5,14H2,1-3H3,(H,22,24)/t15-/m0/s1. The Labute approximate surface area is 171 Å². The van der Waals surface area contributed by atoms with Crippen molar-refractivity contribution in [2.24, 2.45) is 0 Å². The van der Waals surface area contributed by atoms with Crippen LogP contribution in [0.5, 0.6) is 5.75 Å². The monoisotopic (exact) mass is 424 g/mol. The normalized spacial score (nSPS) is 12.3. The fourth-order valence-electron chi connectivity index (χ4n) is 2.77. The fraction of sp³-hybridized carbons (Fsp3) is 0.350. The summed E-state index contributed by atoms with van der Waals surface area (Å²) in [6.45, 7) is 2.11. The zero-order valence-electron chi connectivity index (χ0n) is 16.2. The lowest BCUT2D eigenvalue weighted by molar-refractivity contribution is -0.121. The first-order valence-electron chi connectivity index (χ1n) is 8.87. The molecule has 0 fully saturated rings. The van der Waals surface area contributed by atoms with Crippen molar-refractivity contribution in [3.63, 3.8) is 0 Å². The van der Waals surface area contributed by atoms with Crippen LogP contribution in [-0.2, 0) is 14.8 Å². The van der Waals surface area contributed by atoms with Crippen molar-refractivity contribution < 1.29 is 17.9 Å². The predicted molar refractivity (Wildman–Crippen MR) is 112 cm³/mol. The number of amides is 1. The summed E-state index contributed by atoms with van der Waals surface area (Å²) in [5, 5.41) is 3.46. The quantitative estimate of drug-likeness (QED) is 0.664. The van der Waals surface area contributed by atoms with Gasteiger partial charge in [0.1, 0.15) is 5.75 Å². The summed E-state index contributed by atoms with van der Waals surface area (Å²) >= 11 is 5.86. The maximum Gasteiger partial charge on any atom is 0.232 e. The molecule has 0 aliphatic carbocycles. The molecule has 6 nitrogen and oxygen atoms in total. The molecule has 0 radical (unpaired) electrons. The topological polar surface area (TPSA) is 75.7 Å². The molecule has 1 N–H and O–H groups in total. The molecule has 2 rings (SSSR count). The van der Waals surface area contributed by atoms with Gasteiger partial charge in [0.15, 0.2) is 0 Å². The van der Waals surface area contributed by atoms with Gasteiger partial charge in [0.05, 0.1) is 25.1 Å². The number of anilines is 1. The maximum atomic E-state index is 12.2. The van der Waals surface area contributed by atoms with E-state index in [-0.39, 0.29) is 24.9 Å². The van der Waals surface area contributed by atoms with Crippen LogP contribution in [0.3, 0.4) is 0 Å². The highest BCUT2D eigenvalue weighted by Crippen LogP contribution is 2.21. The van der Waals surface area contributed by atoms with E-state index in [9.17, 15) is 13.2 Å². The molecular weight excluding hydrogens is 400 g/mol. The van der Waals surface area contributed by atoms with Crippen molar-refractivity contribution in [2.45, 2.75) is 25.8 Å². The lowest BCUT2D eigenvalue weighted by Gasteiger charge is -2.22. The number of ether oxygens (including phenoxy) is 1. The Morgan fingerprint density at radius 2 is 1.75 bits per heavy atom. The number of halogens is 1. The van der Waals surface area contributed by atoms with E-state index < -0.39 is 10.0 Å². The molecule has 1 amide bonds. The van der Waals surface area contributed by atoms with E-state index in [0.717, 1.165) is 17.6 Å². The minimum Gasteiger partial charge on any atom is -0.497 e. The number of carbonyl (C=O) groups is 1. The van der Waals surface area contributed by atoms with Crippen molar-refractivity contribution in [3.05, 3.63) is 59.1 Å². The predicted octanol–water partition coefficient (Wildman–Crippen LogP) is 3.77. The third kappa shape index (κ3) is 6.42. The highest BCUT2D eigenvalue weighted by Gasteiger charge is 2.18. The third-order valence-corrected chi connectivity index (χ3v) is 5.72. The van der Waals surface area contributed by atoms with E-state index in [4.69, 9.17) is 16.3 Å². The van der Waals surface area contributed by atoms with Crippen molar-refractivity contribution in [1.29, 1.82) is 0 Å². The Morgan fingerprint density at radius 1 is 1.14 bits per heavy atom. The lowest BCUT2D eigenvalue weighted by atomic mass is 10.1. The maximum absolute atomic E-state index is 12.2. The molecule has 28 heavy (non-hydrogen) atoms. The summed E-state index contributed by atoms with van der Waals surface area (Å²) in [6.07, 6.45) is 1.77. The number of rotatable bonds is 9. The van der Waals surface area contributed by atoms with Gasteiger partial charge in [-0.3, -0.25) is 9.10 Å². The van der Waals surface area contributed by atoms with Gasteiger partial charge >= 0.3 is 0 Å². The molecule has 0 heterocycles. The second kappa shape index (κ2) is 9.80. The fourth-order valence-corrected chi connectivity index (χ4v) is 3.86. The summed E-state index contributed by atoms with van der Waals surface area (Å²) in [6, 6.07) is 13.9. The second-order valence-electron chi connectivity index (χ2n) is 6.48. The van der Waals surface area contributed by atoms with Crippen molar-refractivity contribution in [1.82, 2.24) is 5.32 Å². The Kier molecular flexibility index (Phi) is 7.71. The summed E-state index contributed by atoms with van der Waals surface area (Å²) in [4.78, 5) is 12.2. The first-order valence-corrected chi connectivity index (χ1v) is 11.1. The highest BCUT2D eigenvalue weighted by molar-refractivity contribution is 7.92. The number of nitrogens with zero attached hydrogens (tertiary/aromatic N) is 1. The molecule has 0 spiro atoms. The molecular formula is C20H25ClN2O4S. The van der Waals surface area contributed by atoms with Gasteiger partial charge in [0.2, 0.25) is 15.9 Å². The number of carbonyl (C=O) groups excluding carboxylic acids is 1. The van der Waals surface area contributed by atoms with Crippen LogP contribution in [-0.4, -0.2) is 34.2 Å². The van der Waals surface area contributed by atoms with Gasteiger partial charge in [-0.2, -0.15) is 0 Å². The van der Waals surface area contributed by atoms with Crippen LogP contribution in [0.25, 0.3) is 0 Å². The Morgan fingerprint density at radius 3 is 2.29 bits per heavy atom. The Balaban J connectivity index is 1.90. The van der Waals surface area contributed by atoms with Crippen molar-refractivity contribution >= 4 is 33.2 Å². The van der Waals surface area contributed by atoms with E-state index in [1.807, 2.05) is 31.2 Å². The van der Waals surface area contributed by atoms with Crippen LogP contribution in [0, 0.1) is 0 Å². The van der Waals surface area contributed by atoms with Crippen LogP contribution in [0.1, 0.15) is 31.4 Å². The lowest BCUT2D eigenvalue weighted by Crippen LogP contribution is -2.32. The van der Waals surface area contributed by atoms with E-state index in [2.05, 4.69) is 5.32 Å². The molecule has 0 saturated heterocycles. The number of hydrogen-bond acceptors (Lipinski definition) is 4. The largest absolute Gasteiger partial charge is 0.497 e. The first kappa shape index (κ1) is 22.0. The summed E-state index contributed by atoms with van der Waals surface area (Å²) < 4.78 is 30.6. The van der Waals surface area contributed by atoms with Gasteiger partial charge in [-0.1, -0.05) is 23.7 Å². The molecule has 0 aliphatic rings. The zero-order chi connectivity index (χ0) is 20.7. The van der Waals surface area contributed by atoms with Crippen LogP contribution >= 0.6 is 11.6 Å². The van der Waals surface area contributed by atoms with E-state index in [0.29, 0.717) is 17.1 Å². The number of methoxy groups -OCH3 is 1. The van der Waals surface area contributed by atoms with Gasteiger partial charge in [-0.15, -0.1) is 0 Å². The first-order chi connectivity index (χ1) is 13.2. The van der Waals surface area contributed by atoms with Crippen molar-refractivity contribution in [2.75, 3.05) is 24.2 Å². The smallest absolute Gasteiger partial charge is 0.232 e. The van der Waals surface area contributed by atoms with Gasteiger partial charge in [0, 0.05) is 18.0 Å². The minimum absolute atomic E-state index is 0.132. The Bertz CT molecular complexity index is 883. The third-order valence-electron chi connectivity index (χ3n) is 4.27. The Hall–Kier alpha value is -2.25. The molecule has 0 aliphatic heterocycles. The van der Waals surface area contributed by atoms with E-state index >= 15 is 0 Å². The van der Waals surface area contributed by atoms with Crippen molar-refractivity contribution in [3.8, 4) is 5.75 Å². The van der Waals surface area contributed by atoms with Gasteiger partial charge in [-0.05, 0) is 55.3 Å². The number of sulfonamides is 1. The molecule has 8 heteroatoms. The summed E-state index contributed by atoms with van der Waals surface area (Å²) in [5.41, 5.74) is 1.49. The SMILES string of the molecule is COc1ccc([C@H](C)NC(=O)CCCN(c2ccc(Cl)cc2)S(C)(=O)=O)cc1. The van der Waals surface area contributed by atoms with Crippen LogP contribution in [0.15, 0.2) is 48.5 Å². The summed E-state index contributed by atoms with van der Waals surface area (Å²) in [5.74, 6) is 0.623. The number of benzene rings is 2. The molecule has 1 atom stereocenters. The molecule has 0 unspecified atom stereocenters. The molecule has 2 aromatic carbocycles. The van der Waals surface area contributed by atoms with E-state index in [1.165, 1.54) is 4.31 Å².